The molecule has 0 spiro atoms. The van der Waals surface area contributed by atoms with E-state index in [4.69, 9.17) is 21.7 Å². The first-order chi connectivity index (χ1) is 13.0. The molecule has 0 saturated carbocycles. The first-order valence-corrected chi connectivity index (χ1v) is 8.23. The van der Waals surface area contributed by atoms with Gasteiger partial charge in [-0.2, -0.15) is 14.9 Å². The molecule has 0 bridgehead atoms. The average Bonchev–Trinajstić information content (AvgIpc) is 3.01. The molecule has 3 rings (SSSR count). The molecule has 1 N–H and O–H groups in total. The first kappa shape index (κ1) is 18.5. The zero-order chi connectivity index (χ0) is 19.4. The van der Waals surface area contributed by atoms with Gasteiger partial charge in [0.1, 0.15) is 5.82 Å². The lowest BCUT2D eigenvalue weighted by atomic mass is 10.2. The van der Waals surface area contributed by atoms with E-state index in [0.717, 1.165) is 0 Å². The molecule has 7 nitrogen and oxygen atoms in total. The molecular weight excluding hydrogens is 371 g/mol. The summed E-state index contributed by atoms with van der Waals surface area (Å²) in [6, 6.07) is 10.8. The molecule has 9 heteroatoms. The smallest absolute Gasteiger partial charge is 0.308 e. The quantitative estimate of drug-likeness (QED) is 0.314. The summed E-state index contributed by atoms with van der Waals surface area (Å²) in [6.07, 6.45) is 1.55. The Hall–Kier alpha value is -3.33. The fourth-order valence-corrected chi connectivity index (χ4v) is 2.49. The summed E-state index contributed by atoms with van der Waals surface area (Å²) in [5.74, 6) is 0.365. The highest BCUT2D eigenvalue weighted by Gasteiger charge is 2.10. The Kier molecular flexibility index (Phi) is 5.41. The summed E-state index contributed by atoms with van der Waals surface area (Å²) in [5, 5.41) is 11.1. The number of methoxy groups -OCH3 is 1. The van der Waals surface area contributed by atoms with Gasteiger partial charge in [0.05, 0.1) is 13.3 Å². The van der Waals surface area contributed by atoms with Gasteiger partial charge in [-0.15, -0.1) is 0 Å². The number of hydrogen-bond donors (Lipinski definition) is 1. The van der Waals surface area contributed by atoms with Crippen LogP contribution in [-0.2, 0) is 4.79 Å². The van der Waals surface area contributed by atoms with E-state index in [-0.39, 0.29) is 10.6 Å². The van der Waals surface area contributed by atoms with Crippen LogP contribution < -0.4 is 9.47 Å². The van der Waals surface area contributed by atoms with Gasteiger partial charge in [0.2, 0.25) is 4.77 Å². The molecule has 0 aliphatic rings. The van der Waals surface area contributed by atoms with Crippen molar-refractivity contribution in [2.45, 2.75) is 6.92 Å². The first-order valence-electron chi connectivity index (χ1n) is 7.82. The fraction of sp³-hybridized carbons (Fsp3) is 0.111. The molecule has 0 atom stereocenters. The van der Waals surface area contributed by atoms with Crippen LogP contribution in [0.25, 0.3) is 11.4 Å². The third-order valence-corrected chi connectivity index (χ3v) is 3.78. The lowest BCUT2D eigenvalue weighted by Gasteiger charge is -2.08. The Morgan fingerprint density at radius 2 is 2.00 bits per heavy atom. The second-order valence-electron chi connectivity index (χ2n) is 5.42. The van der Waals surface area contributed by atoms with Gasteiger partial charge in [-0.3, -0.25) is 4.79 Å². The van der Waals surface area contributed by atoms with Crippen LogP contribution in [0, 0.1) is 10.6 Å². The van der Waals surface area contributed by atoms with Crippen LogP contribution in [0.5, 0.6) is 11.5 Å². The van der Waals surface area contributed by atoms with Gasteiger partial charge < -0.3 is 9.47 Å². The van der Waals surface area contributed by atoms with Crippen LogP contribution in [0.1, 0.15) is 12.5 Å². The summed E-state index contributed by atoms with van der Waals surface area (Å²) in [5.41, 5.74) is 1.35. The standard InChI is InChI=1S/C18H15FN4O3S/c1-11(24)26-15-8-3-12(9-16(15)25-2)10-20-23-17(21-22-18(23)27)13-4-6-14(19)7-5-13/h3-10H,1-2H3,(H,22,27)/b20-10+. The predicted molar refractivity (Wildman–Crippen MR) is 100 cm³/mol. The van der Waals surface area contributed by atoms with E-state index in [0.29, 0.717) is 28.5 Å². The van der Waals surface area contributed by atoms with E-state index < -0.39 is 5.97 Å². The number of ether oxygens (including phenoxy) is 2. The molecule has 2 aromatic carbocycles. The highest BCUT2D eigenvalue weighted by Crippen LogP contribution is 2.27. The number of carbonyl (C=O) groups excluding carboxylic acids is 1. The molecule has 0 amide bonds. The monoisotopic (exact) mass is 386 g/mol. The van der Waals surface area contributed by atoms with Gasteiger partial charge in [-0.05, 0) is 60.2 Å². The summed E-state index contributed by atoms with van der Waals surface area (Å²) in [7, 11) is 1.47. The van der Waals surface area contributed by atoms with Gasteiger partial charge in [-0.1, -0.05) is 0 Å². The second-order valence-corrected chi connectivity index (χ2v) is 5.81. The van der Waals surface area contributed by atoms with Crippen molar-refractivity contribution in [2.24, 2.45) is 5.10 Å². The number of hydrogen-bond acceptors (Lipinski definition) is 6. The van der Waals surface area contributed by atoms with Crippen molar-refractivity contribution in [3.8, 4) is 22.9 Å². The van der Waals surface area contributed by atoms with E-state index >= 15 is 0 Å². The van der Waals surface area contributed by atoms with Crippen molar-refractivity contribution in [2.75, 3.05) is 7.11 Å². The summed E-state index contributed by atoms with van der Waals surface area (Å²) < 4.78 is 25.1. The van der Waals surface area contributed by atoms with Crippen molar-refractivity contribution < 1.29 is 18.7 Å². The molecule has 0 unspecified atom stereocenters. The van der Waals surface area contributed by atoms with Gasteiger partial charge in [-0.25, -0.2) is 9.49 Å². The number of rotatable bonds is 5. The van der Waals surface area contributed by atoms with Crippen LogP contribution in [0.2, 0.25) is 0 Å². The number of carbonyl (C=O) groups is 1. The fourth-order valence-electron chi connectivity index (χ4n) is 2.31. The van der Waals surface area contributed by atoms with Crippen molar-refractivity contribution in [3.63, 3.8) is 0 Å². The lowest BCUT2D eigenvalue weighted by Crippen LogP contribution is -2.03. The number of nitrogens with zero attached hydrogens (tertiary/aromatic N) is 3. The Morgan fingerprint density at radius 3 is 2.67 bits per heavy atom. The van der Waals surface area contributed by atoms with E-state index in [1.807, 2.05) is 0 Å². The molecule has 3 aromatic rings. The Bertz CT molecular complexity index is 1060. The maximum absolute atomic E-state index is 13.1. The van der Waals surface area contributed by atoms with Crippen LogP contribution in [0.4, 0.5) is 4.39 Å². The van der Waals surface area contributed by atoms with Gasteiger partial charge in [0.25, 0.3) is 0 Å². The third-order valence-electron chi connectivity index (χ3n) is 3.52. The molecule has 0 aliphatic heterocycles. The number of benzene rings is 2. The minimum Gasteiger partial charge on any atom is -0.493 e. The van der Waals surface area contributed by atoms with E-state index in [2.05, 4.69) is 15.3 Å². The van der Waals surface area contributed by atoms with Crippen molar-refractivity contribution in [1.82, 2.24) is 14.9 Å². The number of esters is 1. The summed E-state index contributed by atoms with van der Waals surface area (Å²) >= 11 is 5.21. The Labute approximate surface area is 159 Å². The van der Waals surface area contributed by atoms with Crippen molar-refractivity contribution >= 4 is 24.4 Å². The van der Waals surface area contributed by atoms with Gasteiger partial charge >= 0.3 is 5.97 Å². The molecular formula is C18H15FN4O3S. The van der Waals surface area contributed by atoms with Crippen LogP contribution in [0.3, 0.4) is 0 Å². The molecule has 0 fully saturated rings. The minimum absolute atomic E-state index is 0.286. The van der Waals surface area contributed by atoms with Gasteiger partial charge in [0.15, 0.2) is 17.3 Å². The molecule has 0 radical (unpaired) electrons. The molecule has 138 valence electrons. The number of halogens is 1. The van der Waals surface area contributed by atoms with Gasteiger partial charge in [0, 0.05) is 12.5 Å². The topological polar surface area (TPSA) is 81.5 Å². The highest BCUT2D eigenvalue weighted by atomic mass is 32.1. The summed E-state index contributed by atoms with van der Waals surface area (Å²) in [6.45, 7) is 1.31. The second kappa shape index (κ2) is 7.92. The SMILES string of the molecule is COc1cc(/C=N/n2c(-c3ccc(F)cc3)n[nH]c2=S)ccc1OC(C)=O. The van der Waals surface area contributed by atoms with E-state index in [9.17, 15) is 9.18 Å². The maximum Gasteiger partial charge on any atom is 0.308 e. The van der Waals surface area contributed by atoms with Crippen LogP contribution >= 0.6 is 12.2 Å². The number of nitrogens with one attached hydrogen (secondary N) is 1. The van der Waals surface area contributed by atoms with Crippen LogP contribution in [0.15, 0.2) is 47.6 Å². The van der Waals surface area contributed by atoms with Crippen molar-refractivity contribution in [1.29, 1.82) is 0 Å². The number of aromatic amines is 1. The average molecular weight is 386 g/mol. The third kappa shape index (κ3) is 4.26. The lowest BCUT2D eigenvalue weighted by molar-refractivity contribution is -0.132. The zero-order valence-corrected chi connectivity index (χ0v) is 15.3. The predicted octanol–water partition coefficient (Wildman–Crippen LogP) is 3.56. The number of aromatic nitrogens is 3. The number of H-pyrrole nitrogens is 1. The summed E-state index contributed by atoms with van der Waals surface area (Å²) in [4.78, 5) is 11.1. The molecule has 27 heavy (non-hydrogen) atoms. The largest absolute Gasteiger partial charge is 0.493 e. The molecule has 0 aliphatic carbocycles. The Balaban J connectivity index is 1.93. The van der Waals surface area contributed by atoms with Crippen molar-refractivity contribution in [3.05, 3.63) is 58.6 Å². The van der Waals surface area contributed by atoms with Crippen LogP contribution in [-0.4, -0.2) is 34.2 Å². The normalized spacial score (nSPS) is 10.9. The zero-order valence-electron chi connectivity index (χ0n) is 14.5. The van der Waals surface area contributed by atoms with E-state index in [1.54, 1.807) is 36.5 Å². The van der Waals surface area contributed by atoms with E-state index in [1.165, 1.54) is 30.8 Å². The molecule has 1 heterocycles. The molecule has 1 aromatic heterocycles. The maximum atomic E-state index is 13.1. The molecule has 0 saturated heterocycles. The minimum atomic E-state index is -0.441. The highest BCUT2D eigenvalue weighted by molar-refractivity contribution is 7.71. The Morgan fingerprint density at radius 1 is 1.26 bits per heavy atom.